The zero-order valence-corrected chi connectivity index (χ0v) is 22.1. The number of nitrogens with one attached hydrogen (secondary N) is 1. The normalized spacial score (nSPS) is 14.0. The first-order valence-electron chi connectivity index (χ1n) is 12.5. The predicted molar refractivity (Wildman–Crippen MR) is 152 cm³/mol. The maximum atomic E-state index is 11.8. The van der Waals surface area contributed by atoms with Crippen LogP contribution in [0.25, 0.3) is 11.6 Å². The largest absolute Gasteiger partial charge is 0.492 e. The van der Waals surface area contributed by atoms with Crippen molar-refractivity contribution in [2.45, 2.75) is 18.7 Å². The van der Waals surface area contributed by atoms with Crippen molar-refractivity contribution in [2.24, 2.45) is 0 Å². The lowest BCUT2D eigenvalue weighted by Crippen LogP contribution is -2.13. The Hall–Kier alpha value is -4.20. The molecule has 4 aromatic rings. The number of rotatable bonds is 8. The molecule has 0 aromatic heterocycles. The van der Waals surface area contributed by atoms with E-state index in [4.69, 9.17) is 4.74 Å². The van der Waals surface area contributed by atoms with Crippen LogP contribution < -0.4 is 10.1 Å². The van der Waals surface area contributed by atoms with Crippen LogP contribution in [0.2, 0.25) is 0 Å². The third kappa shape index (κ3) is 5.11. The minimum Gasteiger partial charge on any atom is -0.492 e. The molecule has 0 aliphatic carbocycles. The minimum atomic E-state index is -4.43. The average molecular weight is 526 g/mol. The van der Waals surface area contributed by atoms with Crippen LogP contribution in [0.15, 0.2) is 102 Å². The summed E-state index contributed by atoms with van der Waals surface area (Å²) in [6.45, 7) is 5.06. The maximum Gasteiger partial charge on any atom is 0.298 e. The van der Waals surface area contributed by atoms with E-state index in [9.17, 15) is 13.0 Å². The van der Waals surface area contributed by atoms with E-state index in [1.807, 2.05) is 30.3 Å². The number of benzene rings is 4. The standard InChI is InChI=1S/C31H28N2O4S/c1-3-33-28-13-9-8-12-26(28)27(31(33)23-10-6-5-7-11-23)20-22-14-16-24(17-15-22)32-25-18-19-29(37-4-2)30(21-25)38(34,35)36/h5-21H,3-4H2,1-2H3,(H,34,35,36)/p+1. The van der Waals surface area contributed by atoms with Crippen molar-refractivity contribution in [1.82, 2.24) is 0 Å². The first-order valence-corrected chi connectivity index (χ1v) is 14.0. The molecule has 0 atom stereocenters. The van der Waals surface area contributed by atoms with E-state index >= 15 is 0 Å². The topological polar surface area (TPSA) is 78.6 Å². The summed E-state index contributed by atoms with van der Waals surface area (Å²) in [6, 6.07) is 31.4. The third-order valence-electron chi connectivity index (χ3n) is 6.41. The highest BCUT2D eigenvalue weighted by molar-refractivity contribution is 7.86. The van der Waals surface area contributed by atoms with Gasteiger partial charge in [-0.2, -0.15) is 13.0 Å². The third-order valence-corrected chi connectivity index (χ3v) is 7.28. The Balaban J connectivity index is 1.48. The van der Waals surface area contributed by atoms with Crippen LogP contribution in [0.4, 0.5) is 17.1 Å². The van der Waals surface area contributed by atoms with Gasteiger partial charge in [0.2, 0.25) is 11.4 Å². The molecule has 7 heteroatoms. The van der Waals surface area contributed by atoms with Gasteiger partial charge in [-0.1, -0.05) is 42.5 Å². The van der Waals surface area contributed by atoms with Gasteiger partial charge in [0.25, 0.3) is 10.1 Å². The number of fused-ring (bicyclic) bond motifs is 1. The Morgan fingerprint density at radius 3 is 2.24 bits per heavy atom. The van der Waals surface area contributed by atoms with Crippen LogP contribution in [-0.4, -0.2) is 36.4 Å². The van der Waals surface area contributed by atoms with Gasteiger partial charge < -0.3 is 10.1 Å². The number of anilines is 2. The molecule has 0 spiro atoms. The van der Waals surface area contributed by atoms with Crippen LogP contribution in [0.1, 0.15) is 30.5 Å². The number of hydrogen-bond acceptors (Lipinski definition) is 4. The second-order valence-electron chi connectivity index (χ2n) is 8.85. The van der Waals surface area contributed by atoms with Crippen LogP contribution in [-0.2, 0) is 10.1 Å². The van der Waals surface area contributed by atoms with Gasteiger partial charge in [0.05, 0.1) is 17.7 Å². The zero-order valence-electron chi connectivity index (χ0n) is 21.3. The molecule has 5 rings (SSSR count). The molecule has 1 aliphatic heterocycles. The molecular formula is C31H29N2O4S+. The van der Waals surface area contributed by atoms with E-state index < -0.39 is 10.1 Å². The molecule has 0 fully saturated rings. The second-order valence-corrected chi connectivity index (χ2v) is 10.2. The lowest BCUT2D eigenvalue weighted by atomic mass is 9.96. The highest BCUT2D eigenvalue weighted by atomic mass is 32.2. The van der Waals surface area contributed by atoms with Gasteiger partial charge in [-0.15, -0.1) is 0 Å². The van der Waals surface area contributed by atoms with Crippen LogP contribution >= 0.6 is 0 Å². The lowest BCUT2D eigenvalue weighted by molar-refractivity contribution is -0.431. The average Bonchev–Trinajstić information content (AvgIpc) is 3.24. The maximum absolute atomic E-state index is 11.8. The zero-order chi connectivity index (χ0) is 26.7. The van der Waals surface area contributed by atoms with Crippen molar-refractivity contribution >= 4 is 44.5 Å². The van der Waals surface area contributed by atoms with Crippen molar-refractivity contribution in [1.29, 1.82) is 0 Å². The number of allylic oxidation sites excluding steroid dienone is 1. The quantitative estimate of drug-likeness (QED) is 0.196. The molecule has 1 heterocycles. The van der Waals surface area contributed by atoms with Crippen molar-refractivity contribution in [2.75, 3.05) is 18.5 Å². The van der Waals surface area contributed by atoms with Crippen LogP contribution in [0.5, 0.6) is 5.75 Å². The molecule has 192 valence electrons. The molecule has 2 N–H and O–H groups in total. The molecule has 0 radical (unpaired) electrons. The molecular weight excluding hydrogens is 496 g/mol. The van der Waals surface area contributed by atoms with E-state index in [1.54, 1.807) is 13.0 Å². The smallest absolute Gasteiger partial charge is 0.298 e. The number of hydrogen-bond donors (Lipinski definition) is 2. The van der Waals surface area contributed by atoms with Gasteiger partial charge in [0.1, 0.15) is 17.2 Å². The molecule has 0 unspecified atom stereocenters. The SMILES string of the molecule is CCOc1ccc(Nc2ccc(C=C3C(c4ccccc4)=[N+](CC)c4ccccc43)cc2)cc1S(=O)(=O)O. The number of para-hydroxylation sites is 1. The molecule has 1 aliphatic rings. The summed E-state index contributed by atoms with van der Waals surface area (Å²) in [6.07, 6.45) is 2.20. The molecule has 0 saturated carbocycles. The predicted octanol–water partition coefficient (Wildman–Crippen LogP) is 6.78. The summed E-state index contributed by atoms with van der Waals surface area (Å²) >= 11 is 0. The Morgan fingerprint density at radius 2 is 1.55 bits per heavy atom. The minimum absolute atomic E-state index is 0.117. The van der Waals surface area contributed by atoms with E-state index in [2.05, 4.69) is 71.4 Å². The highest BCUT2D eigenvalue weighted by Gasteiger charge is 2.34. The van der Waals surface area contributed by atoms with Gasteiger partial charge in [-0.05, 0) is 74.0 Å². The molecule has 38 heavy (non-hydrogen) atoms. The summed E-state index contributed by atoms with van der Waals surface area (Å²) in [4.78, 5) is -0.268. The fourth-order valence-corrected chi connectivity index (χ4v) is 5.43. The summed E-state index contributed by atoms with van der Waals surface area (Å²) in [5.41, 5.74) is 8.26. The molecule has 0 saturated heterocycles. The van der Waals surface area contributed by atoms with E-state index in [-0.39, 0.29) is 17.3 Å². The van der Waals surface area contributed by atoms with Crippen molar-refractivity contribution in [3.05, 3.63) is 114 Å². The van der Waals surface area contributed by atoms with E-state index in [1.165, 1.54) is 40.2 Å². The highest BCUT2D eigenvalue weighted by Crippen LogP contribution is 2.38. The lowest BCUT2D eigenvalue weighted by Gasteiger charge is -2.12. The fourth-order valence-electron chi connectivity index (χ4n) is 4.77. The van der Waals surface area contributed by atoms with Crippen molar-refractivity contribution < 1.29 is 22.3 Å². The van der Waals surface area contributed by atoms with Crippen molar-refractivity contribution in [3.8, 4) is 5.75 Å². The van der Waals surface area contributed by atoms with Gasteiger partial charge in [-0.25, -0.2) is 0 Å². The first-order chi connectivity index (χ1) is 18.4. The van der Waals surface area contributed by atoms with E-state index in [0.29, 0.717) is 5.69 Å². The fraction of sp³-hybridized carbons (Fsp3) is 0.129. The summed E-state index contributed by atoms with van der Waals surface area (Å²) in [5, 5.41) is 3.21. The molecule has 4 aromatic carbocycles. The Labute approximate surface area is 223 Å². The van der Waals surface area contributed by atoms with Crippen molar-refractivity contribution in [3.63, 3.8) is 0 Å². The van der Waals surface area contributed by atoms with Crippen LogP contribution in [0.3, 0.4) is 0 Å². The second kappa shape index (κ2) is 10.7. The van der Waals surface area contributed by atoms with Gasteiger partial charge in [0.15, 0.2) is 0 Å². The first kappa shape index (κ1) is 25.4. The molecule has 6 nitrogen and oxygen atoms in total. The van der Waals surface area contributed by atoms with Gasteiger partial charge >= 0.3 is 0 Å². The molecule has 0 amide bonds. The Bertz CT molecular complexity index is 1640. The summed E-state index contributed by atoms with van der Waals surface area (Å²) in [5.74, 6) is 0.117. The summed E-state index contributed by atoms with van der Waals surface area (Å²) in [7, 11) is -4.43. The number of ether oxygens (including phenoxy) is 1. The summed E-state index contributed by atoms with van der Waals surface area (Å²) < 4.78 is 41.0. The van der Waals surface area contributed by atoms with E-state index in [0.717, 1.165) is 17.8 Å². The monoisotopic (exact) mass is 525 g/mol. The van der Waals surface area contributed by atoms with Gasteiger partial charge in [0, 0.05) is 23.0 Å². The Kier molecular flexibility index (Phi) is 7.13. The number of nitrogens with zero attached hydrogens (tertiary/aromatic N) is 1. The molecule has 0 bridgehead atoms. The van der Waals surface area contributed by atoms with Gasteiger partial charge in [-0.3, -0.25) is 4.55 Å². The van der Waals surface area contributed by atoms with Crippen LogP contribution in [0, 0.1) is 0 Å². The Morgan fingerprint density at radius 1 is 0.868 bits per heavy atom.